The first-order chi connectivity index (χ1) is 13.4. The highest BCUT2D eigenvalue weighted by Gasteiger charge is 2.60. The van der Waals surface area contributed by atoms with E-state index in [2.05, 4.69) is 44.2 Å². The van der Waals surface area contributed by atoms with Gasteiger partial charge in [0.05, 0.1) is 0 Å². The molecule has 0 heterocycles. The number of ketones is 2. The molecule has 2 nitrogen and oxygen atoms in total. The normalized spacial score (nSPS) is 42.4. The Morgan fingerprint density at radius 2 is 1.68 bits per heavy atom. The molecule has 0 bridgehead atoms. The second-order valence-corrected chi connectivity index (χ2v) is 10.4. The fraction of sp³-hybridized carbons (Fsp3) is 0.615. The van der Waals surface area contributed by atoms with Gasteiger partial charge in [-0.1, -0.05) is 49.8 Å². The molecule has 5 rings (SSSR count). The summed E-state index contributed by atoms with van der Waals surface area (Å²) >= 11 is 0. The second kappa shape index (κ2) is 6.40. The third kappa shape index (κ3) is 2.60. The zero-order valence-corrected chi connectivity index (χ0v) is 17.2. The zero-order chi connectivity index (χ0) is 19.5. The lowest BCUT2D eigenvalue weighted by atomic mass is 9.45. The van der Waals surface area contributed by atoms with E-state index in [-0.39, 0.29) is 10.8 Å². The van der Waals surface area contributed by atoms with Gasteiger partial charge in [0.1, 0.15) is 5.78 Å². The maximum absolute atomic E-state index is 12.7. The van der Waals surface area contributed by atoms with E-state index in [1.807, 2.05) is 6.08 Å². The van der Waals surface area contributed by atoms with Crippen molar-refractivity contribution >= 4 is 11.6 Å². The molecule has 0 unspecified atom stereocenters. The summed E-state index contributed by atoms with van der Waals surface area (Å²) in [4.78, 5) is 25.1. The van der Waals surface area contributed by atoms with Crippen molar-refractivity contribution in [3.63, 3.8) is 0 Å². The second-order valence-electron chi connectivity index (χ2n) is 10.4. The highest BCUT2D eigenvalue weighted by Crippen LogP contribution is 2.65. The Hall–Kier alpha value is -1.70. The molecule has 1 aromatic rings. The summed E-state index contributed by atoms with van der Waals surface area (Å²) in [6, 6.07) is 10.8. The lowest BCUT2D eigenvalue weighted by Gasteiger charge is -2.59. The van der Waals surface area contributed by atoms with Gasteiger partial charge < -0.3 is 0 Å². The Bertz CT molecular complexity index is 837. The summed E-state index contributed by atoms with van der Waals surface area (Å²) in [5.41, 5.74) is 2.86. The van der Waals surface area contributed by atoms with Crippen molar-refractivity contribution in [2.45, 2.75) is 65.2 Å². The standard InChI is InChI=1S/C26H32O2/c1-25-12-10-19(27)16-23(25)18(14-17-6-4-3-5-7-17)15-20-21-8-9-24(28)26(21,2)13-11-22(20)25/h3-7,16,18,20-22H,8-15H2,1-2H3/t18-,20-,21-,22-,25+,26-/m0/s1. The fourth-order valence-corrected chi connectivity index (χ4v) is 7.65. The van der Waals surface area contributed by atoms with Crippen molar-refractivity contribution in [3.8, 4) is 0 Å². The molecule has 0 radical (unpaired) electrons. The molecule has 0 aliphatic heterocycles. The van der Waals surface area contributed by atoms with E-state index < -0.39 is 0 Å². The first kappa shape index (κ1) is 18.3. The summed E-state index contributed by atoms with van der Waals surface area (Å²) in [6.07, 6.45) is 9.98. The summed E-state index contributed by atoms with van der Waals surface area (Å²) in [5, 5.41) is 0. The summed E-state index contributed by atoms with van der Waals surface area (Å²) in [7, 11) is 0. The molecule has 1 aromatic carbocycles. The molecule has 28 heavy (non-hydrogen) atoms. The van der Waals surface area contributed by atoms with Gasteiger partial charge >= 0.3 is 0 Å². The minimum absolute atomic E-state index is 0.0828. The molecule has 0 N–H and O–H groups in total. The molecule has 0 aromatic heterocycles. The lowest BCUT2D eigenvalue weighted by molar-refractivity contribution is -0.133. The van der Waals surface area contributed by atoms with Crippen LogP contribution in [0.15, 0.2) is 42.0 Å². The molecule has 0 amide bonds. The largest absolute Gasteiger partial charge is 0.299 e. The van der Waals surface area contributed by atoms with Crippen LogP contribution in [-0.2, 0) is 16.0 Å². The predicted molar refractivity (Wildman–Crippen MR) is 111 cm³/mol. The first-order valence-corrected chi connectivity index (χ1v) is 11.2. The first-order valence-electron chi connectivity index (χ1n) is 11.2. The van der Waals surface area contributed by atoms with Gasteiger partial charge in [-0.15, -0.1) is 0 Å². The molecule has 4 aliphatic carbocycles. The highest BCUT2D eigenvalue weighted by atomic mass is 16.1. The van der Waals surface area contributed by atoms with Crippen LogP contribution in [-0.4, -0.2) is 11.6 Å². The van der Waals surface area contributed by atoms with E-state index in [1.54, 1.807) is 0 Å². The molecule has 0 saturated heterocycles. The van der Waals surface area contributed by atoms with Gasteiger partial charge in [0.15, 0.2) is 5.78 Å². The smallest absolute Gasteiger partial charge is 0.155 e. The number of carbonyl (C=O) groups excluding carboxylic acids is 2. The molecular weight excluding hydrogens is 344 g/mol. The fourth-order valence-electron chi connectivity index (χ4n) is 7.65. The third-order valence-corrected chi connectivity index (χ3v) is 9.15. The van der Waals surface area contributed by atoms with Crippen LogP contribution in [0.3, 0.4) is 0 Å². The van der Waals surface area contributed by atoms with Gasteiger partial charge in [-0.2, -0.15) is 0 Å². The Labute approximate surface area is 168 Å². The van der Waals surface area contributed by atoms with Crippen molar-refractivity contribution in [1.29, 1.82) is 0 Å². The number of rotatable bonds is 2. The maximum Gasteiger partial charge on any atom is 0.155 e. The average molecular weight is 377 g/mol. The van der Waals surface area contributed by atoms with E-state index in [4.69, 9.17) is 0 Å². The van der Waals surface area contributed by atoms with Crippen LogP contribution in [0.25, 0.3) is 0 Å². The van der Waals surface area contributed by atoms with Crippen LogP contribution in [0.2, 0.25) is 0 Å². The molecular formula is C26H32O2. The van der Waals surface area contributed by atoms with E-state index in [0.717, 1.165) is 44.9 Å². The number of allylic oxidation sites excluding steroid dienone is 1. The number of carbonyl (C=O) groups is 2. The minimum atomic E-state index is -0.0828. The quantitative estimate of drug-likeness (QED) is 0.677. The molecule has 3 fully saturated rings. The van der Waals surface area contributed by atoms with Crippen LogP contribution >= 0.6 is 0 Å². The number of hydrogen-bond donors (Lipinski definition) is 0. The van der Waals surface area contributed by atoms with Crippen LogP contribution in [0, 0.1) is 34.5 Å². The number of Topliss-reactive ketones (excluding diaryl/α,β-unsaturated/α-hetero) is 1. The Balaban J connectivity index is 1.55. The van der Waals surface area contributed by atoms with Crippen molar-refractivity contribution in [2.75, 3.05) is 0 Å². The zero-order valence-electron chi connectivity index (χ0n) is 17.2. The van der Waals surface area contributed by atoms with Crippen LogP contribution in [0.4, 0.5) is 0 Å². The van der Waals surface area contributed by atoms with Gasteiger partial charge in [0.2, 0.25) is 0 Å². The van der Waals surface area contributed by atoms with Gasteiger partial charge in [0, 0.05) is 18.3 Å². The van der Waals surface area contributed by atoms with Gasteiger partial charge in [-0.25, -0.2) is 0 Å². The number of benzene rings is 1. The van der Waals surface area contributed by atoms with E-state index in [9.17, 15) is 9.59 Å². The van der Waals surface area contributed by atoms with Crippen LogP contribution in [0.1, 0.15) is 64.4 Å². The Morgan fingerprint density at radius 3 is 2.46 bits per heavy atom. The predicted octanol–water partition coefficient (Wildman–Crippen LogP) is 5.56. The van der Waals surface area contributed by atoms with E-state index in [0.29, 0.717) is 41.7 Å². The number of hydrogen-bond acceptors (Lipinski definition) is 2. The average Bonchev–Trinajstić information content (AvgIpc) is 2.99. The summed E-state index contributed by atoms with van der Waals surface area (Å²) < 4.78 is 0. The highest BCUT2D eigenvalue weighted by molar-refractivity contribution is 5.92. The molecule has 6 atom stereocenters. The van der Waals surface area contributed by atoms with Crippen molar-refractivity contribution in [2.24, 2.45) is 34.5 Å². The van der Waals surface area contributed by atoms with Gasteiger partial charge in [-0.05, 0) is 79.3 Å². The molecule has 2 heteroatoms. The van der Waals surface area contributed by atoms with Crippen molar-refractivity contribution in [1.82, 2.24) is 0 Å². The topological polar surface area (TPSA) is 34.1 Å². The maximum atomic E-state index is 12.7. The van der Waals surface area contributed by atoms with Gasteiger partial charge in [0.25, 0.3) is 0 Å². The monoisotopic (exact) mass is 376 g/mol. The lowest BCUT2D eigenvalue weighted by Crippen LogP contribution is -2.53. The molecule has 3 saturated carbocycles. The molecule has 0 spiro atoms. The van der Waals surface area contributed by atoms with E-state index >= 15 is 0 Å². The SMILES string of the molecule is C[C@]12CCC(=O)C=C1[C@@H](Cc1ccccc1)C[C@@H]1[C@@H]2CC[C@]2(C)C(=O)CC[C@@H]12. The Kier molecular flexibility index (Phi) is 4.19. The molecule has 4 aliphatic rings. The van der Waals surface area contributed by atoms with Gasteiger partial charge in [-0.3, -0.25) is 9.59 Å². The van der Waals surface area contributed by atoms with Crippen molar-refractivity contribution < 1.29 is 9.59 Å². The summed E-state index contributed by atoms with van der Waals surface area (Å²) in [5.74, 6) is 3.10. The van der Waals surface area contributed by atoms with Crippen LogP contribution in [0.5, 0.6) is 0 Å². The van der Waals surface area contributed by atoms with Crippen molar-refractivity contribution in [3.05, 3.63) is 47.5 Å². The third-order valence-electron chi connectivity index (χ3n) is 9.15. The number of fused-ring (bicyclic) bond motifs is 5. The van der Waals surface area contributed by atoms with E-state index in [1.165, 1.54) is 11.1 Å². The Morgan fingerprint density at radius 1 is 0.929 bits per heavy atom. The minimum Gasteiger partial charge on any atom is -0.299 e. The molecule has 148 valence electrons. The van der Waals surface area contributed by atoms with Crippen LogP contribution < -0.4 is 0 Å². The summed E-state index contributed by atoms with van der Waals surface area (Å²) in [6.45, 7) is 4.70.